The zero-order valence-electron chi connectivity index (χ0n) is 7.91. The van der Waals surface area contributed by atoms with Crippen LogP contribution in [-0.2, 0) is 4.79 Å². The lowest BCUT2D eigenvalue weighted by Gasteiger charge is -2.14. The molecule has 1 aromatic rings. The number of nitrogens with zero attached hydrogens (tertiary/aromatic N) is 1. The summed E-state index contributed by atoms with van der Waals surface area (Å²) < 4.78 is 0.988. The summed E-state index contributed by atoms with van der Waals surface area (Å²) in [6.45, 7) is 0. The zero-order chi connectivity index (χ0) is 10.9. The summed E-state index contributed by atoms with van der Waals surface area (Å²) in [5, 5.41) is 2.67. The number of carbonyl (C=O) groups excluding carboxylic acids is 1. The fourth-order valence-electron chi connectivity index (χ4n) is 1.67. The topological polar surface area (TPSA) is 29.4 Å². The van der Waals surface area contributed by atoms with E-state index in [-0.39, 0.29) is 0 Å². The van der Waals surface area contributed by atoms with E-state index in [2.05, 4.69) is 36.9 Å². The van der Waals surface area contributed by atoms with Crippen molar-refractivity contribution >= 4 is 44.2 Å². The van der Waals surface area contributed by atoms with Crippen LogP contribution < -0.4 is 10.6 Å². The molecule has 4 heteroatoms. The van der Waals surface area contributed by atoms with Gasteiger partial charge in [0.1, 0.15) is 5.54 Å². The van der Waals surface area contributed by atoms with Crippen LogP contribution in [0.3, 0.4) is 0 Å². The molecular weight excluding hydrogens is 322 g/mol. The number of rotatable bonds is 3. The van der Waals surface area contributed by atoms with Crippen molar-refractivity contribution in [2.45, 2.75) is 12.0 Å². The van der Waals surface area contributed by atoms with Gasteiger partial charge in [0, 0.05) is 15.0 Å². The van der Waals surface area contributed by atoms with Gasteiger partial charge in [-0.1, -0.05) is 37.9 Å². The molecule has 1 aliphatic rings. The van der Waals surface area contributed by atoms with E-state index in [0.29, 0.717) is 6.42 Å². The molecule has 2 rings (SSSR count). The molecule has 2 nitrogen and oxygen atoms in total. The van der Waals surface area contributed by atoms with E-state index in [4.69, 9.17) is 0 Å². The van der Waals surface area contributed by atoms with Crippen molar-refractivity contribution in [3.8, 4) is 0 Å². The predicted octanol–water partition coefficient (Wildman–Crippen LogP) is 1.59. The Labute approximate surface area is 104 Å². The molecule has 0 amide bonds. The third kappa shape index (κ3) is 1.93. The van der Waals surface area contributed by atoms with Gasteiger partial charge >= 0.3 is 0 Å². The highest BCUT2D eigenvalue weighted by Gasteiger charge is 2.28. The van der Waals surface area contributed by atoms with Crippen molar-refractivity contribution in [1.82, 2.24) is 0 Å². The number of carbonyl (C=O) groups is 1. The minimum atomic E-state index is -0.671. The molecule has 15 heavy (non-hydrogen) atoms. The lowest BCUT2D eigenvalue weighted by molar-refractivity contribution is -0.110. The smallest absolute Gasteiger partial charge is 0.151 e. The third-order valence-corrected chi connectivity index (χ3v) is 3.54. The molecule has 0 bridgehead atoms. The molecule has 0 N–H and O–H groups in total. The first-order valence-electron chi connectivity index (χ1n) is 4.60. The van der Waals surface area contributed by atoms with Gasteiger partial charge in [0.25, 0.3) is 0 Å². The summed E-state index contributed by atoms with van der Waals surface area (Å²) in [7, 11) is 0. The number of fused-ring (bicyclic) bond motifs is 1. The number of hydrogen-bond donors (Lipinski definition) is 0. The van der Waals surface area contributed by atoms with Gasteiger partial charge in [0.05, 0.1) is 5.36 Å². The summed E-state index contributed by atoms with van der Waals surface area (Å²) in [5.74, 6) is 0. The molecule has 1 heterocycles. The lowest BCUT2D eigenvalue weighted by Crippen LogP contribution is -2.24. The molecule has 1 aromatic carbocycles. The second-order valence-corrected chi connectivity index (χ2v) is 5.12. The van der Waals surface area contributed by atoms with Gasteiger partial charge in [-0.25, -0.2) is 0 Å². The van der Waals surface area contributed by atoms with Crippen LogP contribution in [0.25, 0.3) is 6.08 Å². The van der Waals surface area contributed by atoms with Gasteiger partial charge in [-0.3, -0.25) is 4.99 Å². The Balaban J connectivity index is 2.63. The van der Waals surface area contributed by atoms with Crippen LogP contribution in [0.4, 0.5) is 0 Å². The number of hydrogen-bond acceptors (Lipinski definition) is 2. The molecule has 0 spiro atoms. The third-order valence-electron chi connectivity index (χ3n) is 2.45. The van der Waals surface area contributed by atoms with Crippen LogP contribution in [0.2, 0.25) is 0 Å². The number of alkyl halides is 1. The Morgan fingerprint density at radius 2 is 2.27 bits per heavy atom. The van der Waals surface area contributed by atoms with Crippen LogP contribution >= 0.6 is 31.9 Å². The average Bonchev–Trinajstić information content (AvgIpc) is 2.59. The maximum absolute atomic E-state index is 11.1. The molecule has 0 radical (unpaired) electrons. The minimum absolute atomic E-state index is 0.671. The first kappa shape index (κ1) is 11.0. The lowest BCUT2D eigenvalue weighted by atomic mass is 10.00. The first-order chi connectivity index (χ1) is 7.21. The second-order valence-electron chi connectivity index (χ2n) is 3.48. The van der Waals surface area contributed by atoms with Crippen molar-refractivity contribution in [2.75, 3.05) is 5.33 Å². The Bertz CT molecular complexity index is 512. The summed E-state index contributed by atoms with van der Waals surface area (Å²) in [5.41, 5.74) is -0.671. The maximum Gasteiger partial charge on any atom is 0.151 e. The minimum Gasteiger partial charge on any atom is -0.300 e. The molecule has 1 aliphatic heterocycles. The summed E-state index contributed by atoms with van der Waals surface area (Å²) in [6, 6.07) is 5.81. The average molecular weight is 331 g/mol. The number of halogens is 2. The van der Waals surface area contributed by atoms with E-state index >= 15 is 0 Å². The largest absolute Gasteiger partial charge is 0.300 e. The van der Waals surface area contributed by atoms with Gasteiger partial charge < -0.3 is 4.79 Å². The predicted molar refractivity (Wildman–Crippen MR) is 66.6 cm³/mol. The van der Waals surface area contributed by atoms with Gasteiger partial charge in [-0.2, -0.15) is 0 Å². The van der Waals surface area contributed by atoms with Crippen LogP contribution in [0, 0.1) is 0 Å². The van der Waals surface area contributed by atoms with Gasteiger partial charge in [0.2, 0.25) is 0 Å². The normalized spacial score (nSPS) is 22.8. The van der Waals surface area contributed by atoms with Crippen LogP contribution in [0.5, 0.6) is 0 Å². The van der Waals surface area contributed by atoms with E-state index in [1.807, 2.05) is 24.3 Å². The SMILES string of the molecule is O=CC1(CCBr)C=c2c(Br)cccc2=N1. The molecule has 78 valence electrons. The van der Waals surface area contributed by atoms with Crippen molar-refractivity contribution in [2.24, 2.45) is 4.99 Å². The standard InChI is InChI=1S/C11H9Br2NO/c12-5-4-11(7-15)6-8-9(13)2-1-3-10(8)14-11/h1-3,6-7H,4-5H2. The highest BCUT2D eigenvalue weighted by molar-refractivity contribution is 9.10. The Hall–Kier alpha value is -0.480. The molecule has 0 saturated heterocycles. The van der Waals surface area contributed by atoms with Crippen molar-refractivity contribution in [3.63, 3.8) is 0 Å². The van der Waals surface area contributed by atoms with Gasteiger partial charge in [-0.15, -0.1) is 0 Å². The van der Waals surface area contributed by atoms with Crippen molar-refractivity contribution in [1.29, 1.82) is 0 Å². The fourth-order valence-corrected chi connectivity index (χ4v) is 2.78. The highest BCUT2D eigenvalue weighted by atomic mass is 79.9. The summed E-state index contributed by atoms with van der Waals surface area (Å²) in [4.78, 5) is 15.6. The Morgan fingerprint density at radius 3 is 2.87 bits per heavy atom. The highest BCUT2D eigenvalue weighted by Crippen LogP contribution is 2.19. The Kier molecular flexibility index (Phi) is 3.07. The quantitative estimate of drug-likeness (QED) is 0.611. The van der Waals surface area contributed by atoms with Gasteiger partial charge in [0.15, 0.2) is 6.29 Å². The van der Waals surface area contributed by atoms with E-state index < -0.39 is 5.54 Å². The zero-order valence-corrected chi connectivity index (χ0v) is 11.1. The maximum atomic E-state index is 11.1. The van der Waals surface area contributed by atoms with E-state index in [9.17, 15) is 4.79 Å². The summed E-state index contributed by atoms with van der Waals surface area (Å²) >= 11 is 6.81. The molecule has 0 aliphatic carbocycles. The Morgan fingerprint density at radius 1 is 1.47 bits per heavy atom. The molecule has 0 aromatic heterocycles. The monoisotopic (exact) mass is 329 g/mol. The van der Waals surface area contributed by atoms with E-state index in [1.54, 1.807) is 0 Å². The number of aldehydes is 1. The van der Waals surface area contributed by atoms with Crippen molar-refractivity contribution in [3.05, 3.63) is 33.2 Å². The van der Waals surface area contributed by atoms with E-state index in [0.717, 1.165) is 26.7 Å². The molecule has 0 fully saturated rings. The van der Waals surface area contributed by atoms with Crippen LogP contribution in [0.1, 0.15) is 6.42 Å². The van der Waals surface area contributed by atoms with Crippen molar-refractivity contribution < 1.29 is 4.79 Å². The summed E-state index contributed by atoms with van der Waals surface area (Å²) in [6.07, 6.45) is 3.54. The fraction of sp³-hybridized carbons (Fsp3) is 0.273. The molecule has 1 unspecified atom stereocenters. The molecular formula is C11H9Br2NO. The van der Waals surface area contributed by atoms with Crippen LogP contribution in [0.15, 0.2) is 27.7 Å². The molecule has 1 atom stereocenters. The van der Waals surface area contributed by atoms with Crippen LogP contribution in [-0.4, -0.2) is 17.2 Å². The van der Waals surface area contributed by atoms with E-state index in [1.165, 1.54) is 0 Å². The second kappa shape index (κ2) is 4.18. The first-order valence-corrected chi connectivity index (χ1v) is 6.52. The molecule has 0 saturated carbocycles. The van der Waals surface area contributed by atoms with Gasteiger partial charge in [-0.05, 0) is 24.6 Å². The number of benzene rings is 1.